The van der Waals surface area contributed by atoms with Gasteiger partial charge in [0, 0.05) is 6.42 Å². The molecule has 1 unspecified atom stereocenters. The van der Waals surface area contributed by atoms with Crippen LogP contribution in [0.3, 0.4) is 0 Å². The Balaban J connectivity index is 4.40. The molecule has 1 atom stereocenters. The Labute approximate surface area is 81.5 Å². The Bertz CT molecular complexity index is 220. The number of carbonyl (C=O) groups is 2. The highest BCUT2D eigenvalue weighted by atomic mass is 16.5. The molecule has 0 aliphatic carbocycles. The Morgan fingerprint density at radius 1 is 1.43 bits per heavy atom. The van der Waals surface area contributed by atoms with Crippen LogP contribution in [0.15, 0.2) is 0 Å². The number of hydrogen-bond acceptors (Lipinski definition) is 4. The first-order chi connectivity index (χ1) is 6.29. The minimum Gasteiger partial charge on any atom is -0.480 e. The molecule has 0 bridgehead atoms. The summed E-state index contributed by atoms with van der Waals surface area (Å²) in [6.07, 6.45) is 0.714. The van der Waals surface area contributed by atoms with Gasteiger partial charge in [-0.15, -0.1) is 0 Å². The quantitative estimate of drug-likeness (QED) is 0.433. The van der Waals surface area contributed by atoms with Crippen molar-refractivity contribution in [1.82, 2.24) is 5.32 Å². The molecule has 0 aromatic heterocycles. The second kappa shape index (κ2) is 4.92. The fourth-order valence-corrected chi connectivity index (χ4v) is 0.893. The second-order valence-electron chi connectivity index (χ2n) is 3.18. The van der Waals surface area contributed by atoms with E-state index >= 15 is 0 Å². The minimum atomic E-state index is -2.46. The zero-order valence-electron chi connectivity index (χ0n) is 8.15. The van der Waals surface area contributed by atoms with Crippen LogP contribution in [-0.4, -0.2) is 39.0 Å². The molecule has 0 aromatic carbocycles. The van der Waals surface area contributed by atoms with Crippen LogP contribution in [0, 0.1) is 0 Å². The summed E-state index contributed by atoms with van der Waals surface area (Å²) in [6.45, 7) is 2.66. The minimum absolute atomic E-state index is 0.153. The standard InChI is InChI=1S/C8H15NO5/c1-3-4-5(10)9-6(7(11)12)8(2,13)14/h6,13-14H,3-4H2,1-2H3,(H,9,10)(H,11,12). The van der Waals surface area contributed by atoms with E-state index in [1.807, 2.05) is 5.32 Å². The van der Waals surface area contributed by atoms with Gasteiger partial charge in [0.1, 0.15) is 0 Å². The molecule has 0 aliphatic rings. The van der Waals surface area contributed by atoms with Crippen LogP contribution in [0.5, 0.6) is 0 Å². The van der Waals surface area contributed by atoms with Gasteiger partial charge in [0.25, 0.3) is 0 Å². The van der Waals surface area contributed by atoms with E-state index in [1.165, 1.54) is 0 Å². The molecule has 0 rings (SSSR count). The maximum atomic E-state index is 11.0. The number of carboxylic acid groups (broad SMARTS) is 1. The fraction of sp³-hybridized carbons (Fsp3) is 0.750. The van der Waals surface area contributed by atoms with Gasteiger partial charge in [-0.05, 0) is 13.3 Å². The van der Waals surface area contributed by atoms with Crippen LogP contribution in [-0.2, 0) is 9.59 Å². The molecule has 4 N–H and O–H groups in total. The van der Waals surface area contributed by atoms with Crippen molar-refractivity contribution in [3.05, 3.63) is 0 Å². The number of carbonyl (C=O) groups excluding carboxylic acids is 1. The smallest absolute Gasteiger partial charge is 0.331 e. The highest BCUT2D eigenvalue weighted by Gasteiger charge is 2.36. The van der Waals surface area contributed by atoms with Crippen molar-refractivity contribution in [2.75, 3.05) is 0 Å². The van der Waals surface area contributed by atoms with Crippen LogP contribution in [0.4, 0.5) is 0 Å². The lowest BCUT2D eigenvalue weighted by Gasteiger charge is -2.24. The third-order valence-electron chi connectivity index (χ3n) is 1.58. The Hall–Kier alpha value is -1.14. The van der Waals surface area contributed by atoms with Crippen LogP contribution >= 0.6 is 0 Å². The number of hydrogen-bond donors (Lipinski definition) is 4. The summed E-state index contributed by atoms with van der Waals surface area (Å²) in [6, 6.07) is -1.71. The molecule has 0 aliphatic heterocycles. The molecule has 6 nitrogen and oxygen atoms in total. The van der Waals surface area contributed by atoms with Gasteiger partial charge in [-0.2, -0.15) is 0 Å². The van der Waals surface area contributed by atoms with Gasteiger partial charge in [0.2, 0.25) is 5.91 Å². The molecule has 1 amide bonds. The Morgan fingerprint density at radius 3 is 2.21 bits per heavy atom. The predicted octanol–water partition coefficient (Wildman–Crippen LogP) is -0.943. The SMILES string of the molecule is CCCC(=O)NC(C(=O)O)C(C)(O)O. The largest absolute Gasteiger partial charge is 0.480 e. The van der Waals surface area contributed by atoms with Crippen LogP contribution in [0.1, 0.15) is 26.7 Å². The summed E-state index contributed by atoms with van der Waals surface area (Å²) in [5.74, 6) is -4.47. The van der Waals surface area contributed by atoms with Gasteiger partial charge < -0.3 is 20.6 Å². The van der Waals surface area contributed by atoms with Crippen LogP contribution < -0.4 is 5.32 Å². The second-order valence-corrected chi connectivity index (χ2v) is 3.18. The molecule has 82 valence electrons. The van der Waals surface area contributed by atoms with E-state index < -0.39 is 23.7 Å². The number of carboxylic acids is 1. The third-order valence-corrected chi connectivity index (χ3v) is 1.58. The van der Waals surface area contributed by atoms with E-state index in [9.17, 15) is 9.59 Å². The van der Waals surface area contributed by atoms with E-state index in [0.717, 1.165) is 6.92 Å². The number of amides is 1. The van der Waals surface area contributed by atoms with E-state index in [4.69, 9.17) is 15.3 Å². The first kappa shape index (κ1) is 12.9. The van der Waals surface area contributed by atoms with Gasteiger partial charge in [-0.3, -0.25) is 4.79 Å². The lowest BCUT2D eigenvalue weighted by molar-refractivity contribution is -0.187. The highest BCUT2D eigenvalue weighted by molar-refractivity contribution is 5.84. The summed E-state index contributed by atoms with van der Waals surface area (Å²) in [7, 11) is 0. The maximum Gasteiger partial charge on any atom is 0.331 e. The zero-order valence-corrected chi connectivity index (χ0v) is 8.15. The van der Waals surface area contributed by atoms with Crippen molar-refractivity contribution in [2.45, 2.75) is 38.5 Å². The first-order valence-corrected chi connectivity index (χ1v) is 4.26. The van der Waals surface area contributed by atoms with Crippen LogP contribution in [0.25, 0.3) is 0 Å². The summed E-state index contributed by atoms with van der Waals surface area (Å²) in [4.78, 5) is 21.6. The van der Waals surface area contributed by atoms with Crippen molar-refractivity contribution >= 4 is 11.9 Å². The molecule has 14 heavy (non-hydrogen) atoms. The summed E-state index contributed by atoms with van der Waals surface area (Å²) < 4.78 is 0. The average molecular weight is 205 g/mol. The summed E-state index contributed by atoms with van der Waals surface area (Å²) in [5.41, 5.74) is 0. The molecular formula is C8H15NO5. The lowest BCUT2D eigenvalue weighted by Crippen LogP contribution is -2.55. The number of rotatable bonds is 5. The normalized spacial score (nSPS) is 13.4. The van der Waals surface area contributed by atoms with Gasteiger partial charge >= 0.3 is 5.97 Å². The molecule has 0 aromatic rings. The predicted molar refractivity (Wildman–Crippen MR) is 47.3 cm³/mol. The van der Waals surface area contributed by atoms with Crippen LogP contribution in [0.2, 0.25) is 0 Å². The van der Waals surface area contributed by atoms with E-state index in [1.54, 1.807) is 6.92 Å². The lowest BCUT2D eigenvalue weighted by atomic mass is 10.1. The van der Waals surface area contributed by atoms with Crippen molar-refractivity contribution < 1.29 is 24.9 Å². The first-order valence-electron chi connectivity index (χ1n) is 4.26. The molecule has 0 saturated heterocycles. The molecular weight excluding hydrogens is 190 g/mol. The summed E-state index contributed by atoms with van der Waals surface area (Å²) in [5, 5.41) is 28.7. The Kier molecular flexibility index (Phi) is 4.52. The topological polar surface area (TPSA) is 107 Å². The van der Waals surface area contributed by atoms with Crippen molar-refractivity contribution in [2.24, 2.45) is 0 Å². The van der Waals surface area contributed by atoms with Crippen molar-refractivity contribution in [3.63, 3.8) is 0 Å². The monoisotopic (exact) mass is 205 g/mol. The van der Waals surface area contributed by atoms with Crippen molar-refractivity contribution in [1.29, 1.82) is 0 Å². The zero-order chi connectivity index (χ0) is 11.4. The molecule has 0 radical (unpaired) electrons. The van der Waals surface area contributed by atoms with E-state index in [0.29, 0.717) is 6.42 Å². The third kappa shape index (κ3) is 4.20. The molecule has 0 spiro atoms. The summed E-state index contributed by atoms with van der Waals surface area (Å²) >= 11 is 0. The molecule has 6 heteroatoms. The van der Waals surface area contributed by atoms with Gasteiger partial charge in [-0.25, -0.2) is 4.79 Å². The van der Waals surface area contributed by atoms with Gasteiger partial charge in [0.05, 0.1) is 0 Å². The van der Waals surface area contributed by atoms with Crippen molar-refractivity contribution in [3.8, 4) is 0 Å². The van der Waals surface area contributed by atoms with Gasteiger partial charge in [0.15, 0.2) is 11.8 Å². The van der Waals surface area contributed by atoms with E-state index in [-0.39, 0.29) is 6.42 Å². The molecule has 0 saturated carbocycles. The molecule has 0 heterocycles. The number of nitrogens with one attached hydrogen (secondary N) is 1. The van der Waals surface area contributed by atoms with Gasteiger partial charge in [-0.1, -0.05) is 6.92 Å². The van der Waals surface area contributed by atoms with E-state index in [2.05, 4.69) is 0 Å². The highest BCUT2D eigenvalue weighted by Crippen LogP contribution is 2.06. The maximum absolute atomic E-state index is 11.0. The number of aliphatic carboxylic acids is 1. The fourth-order valence-electron chi connectivity index (χ4n) is 0.893. The Morgan fingerprint density at radius 2 is 1.93 bits per heavy atom. The molecule has 0 fully saturated rings. The average Bonchev–Trinajstić information content (AvgIpc) is 1.98. The number of aliphatic hydroxyl groups is 2.